The van der Waals surface area contributed by atoms with Crippen molar-refractivity contribution >= 4 is 23.1 Å². The van der Waals surface area contributed by atoms with Crippen LogP contribution in [0, 0.1) is 0 Å². The predicted octanol–water partition coefficient (Wildman–Crippen LogP) is 0.928. The van der Waals surface area contributed by atoms with Gasteiger partial charge in [0.05, 0.1) is 0 Å². The van der Waals surface area contributed by atoms with E-state index in [2.05, 4.69) is 29.2 Å². The van der Waals surface area contributed by atoms with Gasteiger partial charge in [-0.2, -0.15) is 0 Å². The molecule has 1 aromatic rings. The molecule has 1 amide bonds. The minimum absolute atomic E-state index is 0.138. The number of nitrogens with one attached hydrogen (secondary N) is 1. The molecule has 20 heavy (non-hydrogen) atoms. The Bertz CT molecular complexity index is 502. The Morgan fingerprint density at radius 1 is 1.55 bits per heavy atom. The first-order chi connectivity index (χ1) is 9.47. The molecule has 1 aliphatic rings. The molecule has 2 heterocycles. The molecule has 3 N–H and O–H groups in total. The molecule has 1 fully saturated rings. The van der Waals surface area contributed by atoms with E-state index < -0.39 is 0 Å². The normalized spacial score (nSPS) is 23.3. The van der Waals surface area contributed by atoms with E-state index in [0.717, 1.165) is 19.4 Å². The number of hydrogen-bond donors (Lipinski definition) is 2. The summed E-state index contributed by atoms with van der Waals surface area (Å²) in [6, 6.07) is 4.08. The molecular weight excluding hydrogens is 272 g/mol. The van der Waals surface area contributed by atoms with Gasteiger partial charge in [-0.1, -0.05) is 12.2 Å². The number of hydrogen-bond acceptors (Lipinski definition) is 4. The molecule has 5 nitrogen and oxygen atoms in total. The number of pyridine rings is 1. The van der Waals surface area contributed by atoms with Crippen molar-refractivity contribution in [3.05, 3.63) is 29.6 Å². The zero-order valence-corrected chi connectivity index (χ0v) is 12.6. The van der Waals surface area contributed by atoms with Crippen LogP contribution in [0.25, 0.3) is 0 Å². The Labute approximate surface area is 124 Å². The fourth-order valence-electron chi connectivity index (χ4n) is 2.35. The maximum absolute atomic E-state index is 12.1. The number of carbonyl (C=O) groups is 1. The van der Waals surface area contributed by atoms with Crippen LogP contribution in [-0.4, -0.2) is 46.5 Å². The van der Waals surface area contributed by atoms with E-state index in [9.17, 15) is 4.79 Å². The van der Waals surface area contributed by atoms with Crippen LogP contribution in [0.2, 0.25) is 0 Å². The summed E-state index contributed by atoms with van der Waals surface area (Å²) in [5.74, 6) is -0.138. The highest BCUT2D eigenvalue weighted by Crippen LogP contribution is 2.15. The van der Waals surface area contributed by atoms with Gasteiger partial charge in [0, 0.05) is 30.4 Å². The van der Waals surface area contributed by atoms with Gasteiger partial charge in [-0.05, 0) is 38.9 Å². The number of aromatic nitrogens is 1. The molecule has 2 atom stereocenters. The highest BCUT2D eigenvalue weighted by molar-refractivity contribution is 7.80. The van der Waals surface area contributed by atoms with Gasteiger partial charge >= 0.3 is 0 Å². The summed E-state index contributed by atoms with van der Waals surface area (Å²) in [6.45, 7) is 3.17. The monoisotopic (exact) mass is 292 g/mol. The summed E-state index contributed by atoms with van der Waals surface area (Å²) in [5.41, 5.74) is 6.57. The van der Waals surface area contributed by atoms with Crippen LogP contribution in [0.3, 0.4) is 0 Å². The first-order valence-corrected chi connectivity index (χ1v) is 7.15. The highest BCUT2D eigenvalue weighted by atomic mass is 32.1. The van der Waals surface area contributed by atoms with Gasteiger partial charge in [0.15, 0.2) is 0 Å². The van der Waals surface area contributed by atoms with Crippen LogP contribution in [-0.2, 0) is 0 Å². The van der Waals surface area contributed by atoms with Crippen molar-refractivity contribution in [3.8, 4) is 0 Å². The topological polar surface area (TPSA) is 71.2 Å². The molecule has 2 unspecified atom stereocenters. The van der Waals surface area contributed by atoms with Gasteiger partial charge < -0.3 is 16.0 Å². The molecule has 0 saturated carbocycles. The minimum Gasteiger partial charge on any atom is -0.389 e. The Kier molecular flexibility index (Phi) is 4.67. The van der Waals surface area contributed by atoms with Crippen molar-refractivity contribution in [1.82, 2.24) is 15.2 Å². The van der Waals surface area contributed by atoms with E-state index in [4.69, 9.17) is 18.0 Å². The lowest BCUT2D eigenvalue weighted by atomic mass is 9.99. The third-order valence-corrected chi connectivity index (χ3v) is 4.06. The van der Waals surface area contributed by atoms with Crippen molar-refractivity contribution < 1.29 is 4.79 Å². The highest BCUT2D eigenvalue weighted by Gasteiger charge is 2.24. The fraction of sp³-hybridized carbons (Fsp3) is 0.500. The van der Waals surface area contributed by atoms with Crippen molar-refractivity contribution in [2.75, 3.05) is 13.6 Å². The second-order valence-corrected chi connectivity index (χ2v) is 5.76. The lowest BCUT2D eigenvalue weighted by Crippen LogP contribution is -2.47. The van der Waals surface area contributed by atoms with Crippen LogP contribution < -0.4 is 11.1 Å². The quantitative estimate of drug-likeness (QED) is 0.811. The van der Waals surface area contributed by atoms with E-state index >= 15 is 0 Å². The molecule has 2 rings (SSSR count). The maximum atomic E-state index is 12.1. The summed E-state index contributed by atoms with van der Waals surface area (Å²) in [6.07, 6.45) is 3.47. The number of nitrogens with two attached hydrogens (primary N) is 1. The van der Waals surface area contributed by atoms with E-state index in [1.807, 2.05) is 0 Å². The number of nitrogens with zero attached hydrogens (tertiary/aromatic N) is 2. The molecule has 0 aromatic carbocycles. The molecule has 1 saturated heterocycles. The summed E-state index contributed by atoms with van der Waals surface area (Å²) in [5, 5.41) is 3.04. The Balaban J connectivity index is 1.96. The lowest BCUT2D eigenvalue weighted by Gasteiger charge is -2.35. The van der Waals surface area contributed by atoms with Crippen LogP contribution in [0.4, 0.5) is 0 Å². The first kappa shape index (κ1) is 14.9. The largest absolute Gasteiger partial charge is 0.389 e. The van der Waals surface area contributed by atoms with Crippen LogP contribution in [0.5, 0.6) is 0 Å². The molecule has 0 radical (unpaired) electrons. The summed E-state index contributed by atoms with van der Waals surface area (Å²) >= 11 is 4.86. The van der Waals surface area contributed by atoms with E-state index in [-0.39, 0.29) is 16.9 Å². The van der Waals surface area contributed by atoms with Gasteiger partial charge in [-0.15, -0.1) is 0 Å². The van der Waals surface area contributed by atoms with Crippen molar-refractivity contribution in [2.24, 2.45) is 5.73 Å². The molecule has 1 aromatic heterocycles. The van der Waals surface area contributed by atoms with Gasteiger partial charge in [0.25, 0.3) is 5.91 Å². The molecule has 6 heteroatoms. The van der Waals surface area contributed by atoms with Crippen LogP contribution in [0.15, 0.2) is 18.3 Å². The third-order valence-electron chi connectivity index (χ3n) is 3.82. The number of rotatable bonds is 3. The molecule has 0 spiro atoms. The van der Waals surface area contributed by atoms with Crippen molar-refractivity contribution in [1.29, 1.82) is 0 Å². The van der Waals surface area contributed by atoms with Gasteiger partial charge in [-0.3, -0.25) is 9.78 Å². The Morgan fingerprint density at radius 2 is 2.30 bits per heavy atom. The smallest absolute Gasteiger partial charge is 0.270 e. The van der Waals surface area contributed by atoms with Crippen molar-refractivity contribution in [3.63, 3.8) is 0 Å². The Morgan fingerprint density at radius 3 is 2.85 bits per heavy atom. The van der Waals surface area contributed by atoms with E-state index in [0.29, 0.717) is 17.3 Å². The minimum atomic E-state index is -0.138. The Hall–Kier alpha value is -1.53. The summed E-state index contributed by atoms with van der Waals surface area (Å²) in [4.78, 5) is 18.8. The lowest BCUT2D eigenvalue weighted by molar-refractivity contribution is 0.0891. The summed E-state index contributed by atoms with van der Waals surface area (Å²) in [7, 11) is 2.11. The SMILES string of the molecule is CC1CC(NC(=O)c2ccc(C(N)=S)cn2)CCN1C. The van der Waals surface area contributed by atoms with E-state index in [1.165, 1.54) is 6.20 Å². The molecule has 108 valence electrons. The van der Waals surface area contributed by atoms with E-state index in [1.54, 1.807) is 12.1 Å². The number of carbonyl (C=O) groups excluding carboxylic acids is 1. The first-order valence-electron chi connectivity index (χ1n) is 6.74. The second-order valence-electron chi connectivity index (χ2n) is 5.32. The van der Waals surface area contributed by atoms with Gasteiger partial charge in [-0.25, -0.2) is 0 Å². The number of likely N-dealkylation sites (tertiary alicyclic amines) is 1. The van der Waals surface area contributed by atoms with Crippen LogP contribution >= 0.6 is 12.2 Å². The second kappa shape index (κ2) is 6.28. The number of piperidine rings is 1. The molecular formula is C14H20N4OS. The number of amides is 1. The fourth-order valence-corrected chi connectivity index (χ4v) is 2.47. The molecule has 0 aliphatic carbocycles. The van der Waals surface area contributed by atoms with Crippen LogP contribution in [0.1, 0.15) is 35.8 Å². The van der Waals surface area contributed by atoms with Gasteiger partial charge in [0.2, 0.25) is 0 Å². The van der Waals surface area contributed by atoms with Crippen molar-refractivity contribution in [2.45, 2.75) is 31.8 Å². The molecule has 1 aliphatic heterocycles. The third kappa shape index (κ3) is 3.52. The zero-order valence-electron chi connectivity index (χ0n) is 11.8. The number of thiocarbonyl (C=S) groups is 1. The average Bonchev–Trinajstić information content (AvgIpc) is 2.43. The average molecular weight is 292 g/mol. The zero-order chi connectivity index (χ0) is 14.7. The van der Waals surface area contributed by atoms with Gasteiger partial charge in [0.1, 0.15) is 10.7 Å². The standard InChI is InChI=1S/C14H20N4OS/c1-9-7-11(5-6-18(9)2)17-14(19)12-4-3-10(8-16-12)13(15)20/h3-4,8-9,11H,5-7H2,1-2H3,(H2,15,20)(H,17,19). The molecule has 0 bridgehead atoms. The maximum Gasteiger partial charge on any atom is 0.270 e. The summed E-state index contributed by atoms with van der Waals surface area (Å²) < 4.78 is 0. The predicted molar refractivity (Wildman–Crippen MR) is 82.7 cm³/mol.